The van der Waals surface area contributed by atoms with Gasteiger partial charge in [0.05, 0.1) is 11.4 Å². The zero-order valence-corrected chi connectivity index (χ0v) is 16.2. The first-order valence-corrected chi connectivity index (χ1v) is 9.94. The fourth-order valence-electron chi connectivity index (χ4n) is 2.95. The molecule has 1 aliphatic rings. The van der Waals surface area contributed by atoms with Crippen LogP contribution >= 0.6 is 23.5 Å². The number of hydrogen-bond acceptors (Lipinski definition) is 4. The second kappa shape index (κ2) is 7.09. The number of hydrogen-bond donors (Lipinski definition) is 1. The van der Waals surface area contributed by atoms with Gasteiger partial charge in [0, 0.05) is 39.2 Å². The summed E-state index contributed by atoms with van der Waals surface area (Å²) in [5, 5.41) is 2.89. The maximum atomic E-state index is 11.5. The number of carbonyl (C=O) groups is 1. The summed E-state index contributed by atoms with van der Waals surface area (Å²) in [5.74, 6) is -0.0652. The Morgan fingerprint density at radius 2 is 1.38 bits per heavy atom. The van der Waals surface area contributed by atoms with Crippen molar-refractivity contribution in [1.82, 2.24) is 0 Å². The van der Waals surface area contributed by atoms with Crippen LogP contribution in [0.3, 0.4) is 0 Å². The minimum Gasteiger partial charge on any atom is -0.343 e. The lowest BCUT2D eigenvalue weighted by Crippen LogP contribution is -2.12. The van der Waals surface area contributed by atoms with Gasteiger partial charge in [0.1, 0.15) is 0 Å². The van der Waals surface area contributed by atoms with Gasteiger partial charge in [-0.1, -0.05) is 47.8 Å². The second-order valence-corrected chi connectivity index (χ2v) is 8.21. The average molecular weight is 379 g/mol. The molecule has 5 heteroatoms. The predicted molar refractivity (Wildman–Crippen MR) is 110 cm³/mol. The molecule has 0 radical (unpaired) electrons. The third-order valence-electron chi connectivity index (χ3n) is 4.16. The molecule has 0 aliphatic carbocycles. The van der Waals surface area contributed by atoms with Gasteiger partial charge in [-0.3, -0.25) is 4.79 Å². The highest BCUT2D eigenvalue weighted by Crippen LogP contribution is 2.48. The Balaban J connectivity index is 1.92. The van der Waals surface area contributed by atoms with E-state index in [4.69, 9.17) is 0 Å². The standard InChI is InChI=1S/C21H18N2OS2/c1-14(24)22-15-11-12-19-17(13-15)23(2)16-7-3-4-8-18(16)25-20-9-5-6-10-21(20)26-19/h3-13H,1-2H3,(H,22,24). The highest BCUT2D eigenvalue weighted by Gasteiger charge is 2.19. The molecule has 1 heterocycles. The van der Waals surface area contributed by atoms with E-state index in [0.717, 1.165) is 22.0 Å². The molecular formula is C21H18N2OS2. The van der Waals surface area contributed by atoms with Crippen molar-refractivity contribution in [2.24, 2.45) is 0 Å². The van der Waals surface area contributed by atoms with Gasteiger partial charge in [0.15, 0.2) is 0 Å². The van der Waals surface area contributed by atoms with Crippen LogP contribution in [0.25, 0.3) is 0 Å². The van der Waals surface area contributed by atoms with E-state index < -0.39 is 0 Å². The third-order valence-corrected chi connectivity index (χ3v) is 6.57. The number of nitrogens with one attached hydrogen (secondary N) is 1. The Morgan fingerprint density at radius 1 is 0.808 bits per heavy atom. The molecular weight excluding hydrogens is 360 g/mol. The molecule has 130 valence electrons. The number of benzene rings is 3. The van der Waals surface area contributed by atoms with Crippen LogP contribution in [0.4, 0.5) is 17.1 Å². The molecule has 3 aromatic carbocycles. The maximum absolute atomic E-state index is 11.5. The zero-order chi connectivity index (χ0) is 18.1. The second-order valence-electron chi connectivity index (χ2n) is 6.04. The SMILES string of the molecule is CC(=O)Nc1ccc2c(c1)N(C)c1ccccc1Sc1ccccc1S2. The molecule has 1 aliphatic heterocycles. The smallest absolute Gasteiger partial charge is 0.221 e. The van der Waals surface area contributed by atoms with E-state index in [1.807, 2.05) is 12.1 Å². The van der Waals surface area contributed by atoms with Gasteiger partial charge in [-0.05, 0) is 42.5 Å². The summed E-state index contributed by atoms with van der Waals surface area (Å²) in [5.41, 5.74) is 3.03. The van der Waals surface area contributed by atoms with Crippen LogP contribution in [0.1, 0.15) is 6.92 Å². The van der Waals surface area contributed by atoms with Crippen LogP contribution in [0.15, 0.2) is 86.3 Å². The molecule has 4 rings (SSSR count). The van der Waals surface area contributed by atoms with E-state index in [1.165, 1.54) is 21.6 Å². The lowest BCUT2D eigenvalue weighted by molar-refractivity contribution is -0.114. The molecule has 0 atom stereocenters. The number of amides is 1. The highest BCUT2D eigenvalue weighted by molar-refractivity contribution is 8.02. The minimum absolute atomic E-state index is 0.0652. The third kappa shape index (κ3) is 3.32. The molecule has 26 heavy (non-hydrogen) atoms. The molecule has 0 aromatic heterocycles. The van der Waals surface area contributed by atoms with E-state index in [9.17, 15) is 4.79 Å². The van der Waals surface area contributed by atoms with E-state index in [0.29, 0.717) is 0 Å². The number of para-hydroxylation sites is 1. The fraction of sp³-hybridized carbons (Fsp3) is 0.0952. The van der Waals surface area contributed by atoms with Gasteiger partial charge in [-0.25, -0.2) is 0 Å². The summed E-state index contributed by atoms with van der Waals surface area (Å²) in [6.45, 7) is 1.53. The Kier molecular flexibility index (Phi) is 4.66. The first kappa shape index (κ1) is 17.1. The number of rotatable bonds is 1. The van der Waals surface area contributed by atoms with Crippen molar-refractivity contribution in [2.75, 3.05) is 17.3 Å². The molecule has 0 saturated carbocycles. The molecule has 3 aromatic rings. The van der Waals surface area contributed by atoms with E-state index in [2.05, 4.69) is 71.9 Å². The lowest BCUT2D eigenvalue weighted by atomic mass is 10.2. The molecule has 0 unspecified atom stereocenters. The topological polar surface area (TPSA) is 32.3 Å². The first-order chi connectivity index (χ1) is 12.6. The summed E-state index contributed by atoms with van der Waals surface area (Å²) in [7, 11) is 2.08. The summed E-state index contributed by atoms with van der Waals surface area (Å²) in [6, 6.07) is 23.0. The van der Waals surface area contributed by atoms with Crippen molar-refractivity contribution in [3.63, 3.8) is 0 Å². The van der Waals surface area contributed by atoms with Crippen LogP contribution < -0.4 is 10.2 Å². The molecule has 3 nitrogen and oxygen atoms in total. The van der Waals surface area contributed by atoms with Crippen LogP contribution in [-0.4, -0.2) is 13.0 Å². The Labute approximate surface area is 161 Å². The number of nitrogens with zero attached hydrogens (tertiary/aromatic N) is 1. The van der Waals surface area contributed by atoms with Gasteiger partial charge >= 0.3 is 0 Å². The van der Waals surface area contributed by atoms with Crippen LogP contribution in [0.2, 0.25) is 0 Å². The van der Waals surface area contributed by atoms with Crippen LogP contribution in [0.5, 0.6) is 0 Å². The van der Waals surface area contributed by atoms with Crippen molar-refractivity contribution >= 4 is 46.5 Å². The molecule has 0 spiro atoms. The van der Waals surface area contributed by atoms with E-state index in [-0.39, 0.29) is 5.91 Å². The summed E-state index contributed by atoms with van der Waals surface area (Å²) in [4.78, 5) is 18.5. The van der Waals surface area contributed by atoms with E-state index >= 15 is 0 Å². The van der Waals surface area contributed by atoms with Gasteiger partial charge < -0.3 is 10.2 Å². The number of carbonyl (C=O) groups excluding carboxylic acids is 1. The largest absolute Gasteiger partial charge is 0.343 e. The molecule has 1 amide bonds. The quantitative estimate of drug-likeness (QED) is 0.560. The summed E-state index contributed by atoms with van der Waals surface area (Å²) < 4.78 is 0. The van der Waals surface area contributed by atoms with Gasteiger partial charge in [-0.15, -0.1) is 0 Å². The zero-order valence-electron chi connectivity index (χ0n) is 14.5. The normalized spacial score (nSPS) is 12.8. The maximum Gasteiger partial charge on any atom is 0.221 e. The fourth-order valence-corrected chi connectivity index (χ4v) is 5.20. The molecule has 0 fully saturated rings. The van der Waals surface area contributed by atoms with Crippen molar-refractivity contribution < 1.29 is 4.79 Å². The van der Waals surface area contributed by atoms with Crippen molar-refractivity contribution in [3.05, 3.63) is 66.7 Å². The average Bonchev–Trinajstić information content (AvgIpc) is 2.68. The van der Waals surface area contributed by atoms with Crippen LogP contribution in [-0.2, 0) is 4.79 Å². The monoisotopic (exact) mass is 378 g/mol. The summed E-state index contributed by atoms with van der Waals surface area (Å²) >= 11 is 3.54. The highest BCUT2D eigenvalue weighted by atomic mass is 32.2. The molecule has 0 saturated heterocycles. The lowest BCUT2D eigenvalue weighted by Gasteiger charge is -2.24. The Bertz CT molecular complexity index is 987. The molecule has 1 N–H and O–H groups in total. The molecule has 0 bridgehead atoms. The minimum atomic E-state index is -0.0652. The first-order valence-electron chi connectivity index (χ1n) is 8.31. The van der Waals surface area contributed by atoms with Crippen LogP contribution in [0, 0.1) is 0 Å². The van der Waals surface area contributed by atoms with Crippen molar-refractivity contribution in [1.29, 1.82) is 0 Å². The number of anilines is 3. The van der Waals surface area contributed by atoms with E-state index in [1.54, 1.807) is 23.5 Å². The van der Waals surface area contributed by atoms with Gasteiger partial charge in [0.2, 0.25) is 5.91 Å². The Hall–Kier alpha value is -2.37. The van der Waals surface area contributed by atoms with Crippen molar-refractivity contribution in [2.45, 2.75) is 26.5 Å². The summed E-state index contributed by atoms with van der Waals surface area (Å²) in [6.07, 6.45) is 0. The predicted octanol–water partition coefficient (Wildman–Crippen LogP) is 6.03. The Morgan fingerprint density at radius 3 is 2.04 bits per heavy atom. The van der Waals surface area contributed by atoms with Crippen molar-refractivity contribution in [3.8, 4) is 0 Å². The van der Waals surface area contributed by atoms with Gasteiger partial charge in [-0.2, -0.15) is 0 Å². The van der Waals surface area contributed by atoms with Gasteiger partial charge in [0.25, 0.3) is 0 Å². The number of fused-ring (bicyclic) bond motifs is 3.